The van der Waals surface area contributed by atoms with E-state index in [9.17, 15) is 9.59 Å². The maximum absolute atomic E-state index is 11.4. The van der Waals surface area contributed by atoms with E-state index in [4.69, 9.17) is 0 Å². The lowest BCUT2D eigenvalue weighted by Crippen LogP contribution is -2.18. The maximum atomic E-state index is 11.4. The van der Waals surface area contributed by atoms with Gasteiger partial charge in [0.15, 0.2) is 0 Å². The summed E-state index contributed by atoms with van der Waals surface area (Å²) >= 11 is 0. The van der Waals surface area contributed by atoms with Crippen molar-refractivity contribution in [2.24, 2.45) is 17.3 Å². The lowest BCUT2D eigenvalue weighted by Gasteiger charge is -2.16. The van der Waals surface area contributed by atoms with Gasteiger partial charge in [-0.15, -0.1) is 0 Å². The maximum Gasteiger partial charge on any atom is 0.133 e. The average Bonchev–Trinajstić information content (AvgIpc) is 2.24. The Kier molecular flexibility index (Phi) is 3.13. The average molecular weight is 196 g/mol. The molecule has 1 aliphatic rings. The highest BCUT2D eigenvalue weighted by molar-refractivity contribution is 5.81. The molecule has 1 aliphatic carbocycles. The Labute approximate surface area is 86.1 Å². The molecule has 1 saturated carbocycles. The molecule has 2 atom stereocenters. The van der Waals surface area contributed by atoms with E-state index >= 15 is 0 Å². The summed E-state index contributed by atoms with van der Waals surface area (Å²) in [5.74, 6) is 0.870. The minimum Gasteiger partial charge on any atom is -0.300 e. The first-order chi connectivity index (χ1) is 6.32. The molecule has 0 N–H and O–H groups in total. The molecule has 14 heavy (non-hydrogen) atoms. The van der Waals surface area contributed by atoms with Crippen molar-refractivity contribution in [3.8, 4) is 0 Å². The second kappa shape index (κ2) is 3.84. The van der Waals surface area contributed by atoms with Gasteiger partial charge in [0, 0.05) is 12.3 Å². The summed E-state index contributed by atoms with van der Waals surface area (Å²) < 4.78 is 0. The van der Waals surface area contributed by atoms with Crippen molar-refractivity contribution in [2.75, 3.05) is 0 Å². The molecule has 0 spiro atoms. The number of carbonyl (C=O) groups excluding carboxylic acids is 2. The fourth-order valence-electron chi connectivity index (χ4n) is 2.76. The third-order valence-electron chi connectivity index (χ3n) is 3.23. The van der Waals surface area contributed by atoms with Gasteiger partial charge in [-0.2, -0.15) is 0 Å². The molecule has 1 fully saturated rings. The SMILES string of the molecule is CC(=O)C[C@H]1CC(C)(C)C[C@H]1C(C)=O. The fourth-order valence-corrected chi connectivity index (χ4v) is 2.76. The van der Waals surface area contributed by atoms with Crippen molar-refractivity contribution in [3.05, 3.63) is 0 Å². The summed E-state index contributed by atoms with van der Waals surface area (Å²) in [6, 6.07) is 0. The molecule has 0 aromatic rings. The third kappa shape index (κ3) is 2.66. The van der Waals surface area contributed by atoms with Gasteiger partial charge in [-0.1, -0.05) is 13.8 Å². The van der Waals surface area contributed by atoms with E-state index in [0.29, 0.717) is 12.3 Å². The highest BCUT2D eigenvalue weighted by atomic mass is 16.1. The highest BCUT2D eigenvalue weighted by Crippen LogP contribution is 2.46. The molecular formula is C12H20O2. The summed E-state index contributed by atoms with van der Waals surface area (Å²) in [4.78, 5) is 22.5. The van der Waals surface area contributed by atoms with Crippen LogP contribution in [0.3, 0.4) is 0 Å². The zero-order valence-corrected chi connectivity index (χ0v) is 9.59. The molecule has 0 bridgehead atoms. The van der Waals surface area contributed by atoms with Crippen LogP contribution in [0.15, 0.2) is 0 Å². The summed E-state index contributed by atoms with van der Waals surface area (Å²) in [5, 5.41) is 0. The van der Waals surface area contributed by atoms with E-state index in [2.05, 4.69) is 13.8 Å². The van der Waals surface area contributed by atoms with E-state index in [1.165, 1.54) is 0 Å². The van der Waals surface area contributed by atoms with E-state index in [0.717, 1.165) is 12.8 Å². The molecule has 0 aromatic heterocycles. The molecule has 0 radical (unpaired) electrons. The van der Waals surface area contributed by atoms with E-state index < -0.39 is 0 Å². The Morgan fingerprint density at radius 1 is 1.21 bits per heavy atom. The van der Waals surface area contributed by atoms with Gasteiger partial charge in [-0.25, -0.2) is 0 Å². The van der Waals surface area contributed by atoms with Gasteiger partial charge >= 0.3 is 0 Å². The second-order valence-electron chi connectivity index (χ2n) is 5.46. The van der Waals surface area contributed by atoms with Gasteiger partial charge in [0.05, 0.1) is 0 Å². The van der Waals surface area contributed by atoms with Crippen LogP contribution >= 0.6 is 0 Å². The van der Waals surface area contributed by atoms with Crippen LogP contribution < -0.4 is 0 Å². The van der Waals surface area contributed by atoms with Crippen LogP contribution in [0.5, 0.6) is 0 Å². The lowest BCUT2D eigenvalue weighted by atomic mass is 9.89. The standard InChI is InChI=1S/C12H20O2/c1-8(13)5-10-6-12(3,4)7-11(10)9(2)14/h10-11H,5-7H2,1-4H3/t10-,11-/m0/s1. The van der Waals surface area contributed by atoms with Gasteiger partial charge in [0.25, 0.3) is 0 Å². The second-order valence-corrected chi connectivity index (χ2v) is 5.46. The minimum atomic E-state index is 0.119. The molecule has 2 heteroatoms. The number of rotatable bonds is 3. The molecular weight excluding hydrogens is 176 g/mol. The number of hydrogen-bond acceptors (Lipinski definition) is 2. The van der Waals surface area contributed by atoms with Crippen LogP contribution in [0.25, 0.3) is 0 Å². The zero-order chi connectivity index (χ0) is 10.9. The van der Waals surface area contributed by atoms with Crippen LogP contribution in [0, 0.1) is 17.3 Å². The van der Waals surface area contributed by atoms with E-state index in [1.54, 1.807) is 13.8 Å². The third-order valence-corrected chi connectivity index (χ3v) is 3.23. The smallest absolute Gasteiger partial charge is 0.133 e. The quantitative estimate of drug-likeness (QED) is 0.695. The van der Waals surface area contributed by atoms with Gasteiger partial charge in [0.1, 0.15) is 11.6 Å². The van der Waals surface area contributed by atoms with Crippen LogP contribution in [0.1, 0.15) is 47.0 Å². The molecule has 2 nitrogen and oxygen atoms in total. The van der Waals surface area contributed by atoms with Crippen LogP contribution in [-0.4, -0.2) is 11.6 Å². The Morgan fingerprint density at radius 2 is 1.79 bits per heavy atom. The number of carbonyl (C=O) groups is 2. The zero-order valence-electron chi connectivity index (χ0n) is 9.59. The van der Waals surface area contributed by atoms with E-state index in [1.807, 2.05) is 0 Å². The molecule has 0 aromatic carbocycles. The van der Waals surface area contributed by atoms with Gasteiger partial charge in [-0.05, 0) is 38.0 Å². The molecule has 0 aliphatic heterocycles. The van der Waals surface area contributed by atoms with Gasteiger partial charge in [-0.3, -0.25) is 4.79 Å². The van der Waals surface area contributed by atoms with E-state index in [-0.39, 0.29) is 22.9 Å². The number of ketones is 2. The monoisotopic (exact) mass is 196 g/mol. The normalized spacial score (nSPS) is 30.3. The van der Waals surface area contributed by atoms with Crippen molar-refractivity contribution in [2.45, 2.75) is 47.0 Å². The fraction of sp³-hybridized carbons (Fsp3) is 0.833. The van der Waals surface area contributed by atoms with Crippen molar-refractivity contribution < 1.29 is 9.59 Å². The first kappa shape index (κ1) is 11.4. The predicted molar refractivity (Wildman–Crippen MR) is 56.0 cm³/mol. The number of hydrogen-bond donors (Lipinski definition) is 0. The van der Waals surface area contributed by atoms with Crippen molar-refractivity contribution in [1.29, 1.82) is 0 Å². The summed E-state index contributed by atoms with van der Waals surface area (Å²) in [7, 11) is 0. The molecule has 0 heterocycles. The van der Waals surface area contributed by atoms with Crippen LogP contribution in [0.2, 0.25) is 0 Å². The topological polar surface area (TPSA) is 34.1 Å². The molecule has 1 rings (SSSR count). The Bertz CT molecular complexity index is 253. The minimum absolute atomic E-state index is 0.119. The summed E-state index contributed by atoms with van der Waals surface area (Å²) in [6.07, 6.45) is 2.53. The largest absolute Gasteiger partial charge is 0.300 e. The first-order valence-electron chi connectivity index (χ1n) is 5.32. The first-order valence-corrected chi connectivity index (χ1v) is 5.32. The van der Waals surface area contributed by atoms with Gasteiger partial charge in [0.2, 0.25) is 0 Å². The molecule has 0 saturated heterocycles. The lowest BCUT2D eigenvalue weighted by molar-refractivity contribution is -0.123. The van der Waals surface area contributed by atoms with Crippen LogP contribution in [0.4, 0.5) is 0 Å². The predicted octanol–water partition coefficient (Wildman–Crippen LogP) is 2.61. The summed E-state index contributed by atoms with van der Waals surface area (Å²) in [5.41, 5.74) is 0.233. The Balaban J connectivity index is 2.72. The highest BCUT2D eigenvalue weighted by Gasteiger charge is 2.41. The van der Waals surface area contributed by atoms with Crippen molar-refractivity contribution in [3.63, 3.8) is 0 Å². The molecule has 0 amide bonds. The van der Waals surface area contributed by atoms with Crippen LogP contribution in [-0.2, 0) is 9.59 Å². The summed E-state index contributed by atoms with van der Waals surface area (Å²) in [6.45, 7) is 7.63. The Morgan fingerprint density at radius 3 is 2.21 bits per heavy atom. The van der Waals surface area contributed by atoms with Gasteiger partial charge < -0.3 is 4.79 Å². The van der Waals surface area contributed by atoms with Crippen molar-refractivity contribution in [1.82, 2.24) is 0 Å². The molecule has 0 unspecified atom stereocenters. The molecule has 80 valence electrons. The van der Waals surface area contributed by atoms with Crippen molar-refractivity contribution >= 4 is 11.6 Å². The Hall–Kier alpha value is -0.660. The number of Topliss-reactive ketones (excluding diaryl/α,β-unsaturated/α-hetero) is 2.